The Labute approximate surface area is 136 Å². The summed E-state index contributed by atoms with van der Waals surface area (Å²) < 4.78 is 19.6. The monoisotopic (exact) mass is 341 g/mol. The van der Waals surface area contributed by atoms with Gasteiger partial charge in [-0.1, -0.05) is 0 Å². The molecule has 0 heterocycles. The predicted molar refractivity (Wildman–Crippen MR) is 77.2 cm³/mol. The molecule has 0 aliphatic carbocycles. The molecule has 24 heavy (non-hydrogen) atoms. The highest BCUT2D eigenvalue weighted by atomic mass is 16.7. The first-order chi connectivity index (χ1) is 11.2. The van der Waals surface area contributed by atoms with E-state index in [9.17, 15) is 24.5 Å². The number of carbonyl (C=O) groups is 3. The Bertz CT molecular complexity index is 667. The lowest BCUT2D eigenvalue weighted by Gasteiger charge is -2.20. The average molecular weight is 341 g/mol. The van der Waals surface area contributed by atoms with Crippen molar-refractivity contribution in [1.82, 2.24) is 0 Å². The van der Waals surface area contributed by atoms with E-state index in [0.29, 0.717) is 0 Å². The van der Waals surface area contributed by atoms with E-state index in [1.165, 1.54) is 13.2 Å². The zero-order valence-electron chi connectivity index (χ0n) is 13.4. The molecular formula is C14H15NO9. The second-order valence-electron chi connectivity index (χ2n) is 4.43. The van der Waals surface area contributed by atoms with Crippen LogP contribution in [-0.4, -0.2) is 29.9 Å². The molecule has 1 aromatic rings. The fraction of sp³-hybridized carbons (Fsp3) is 0.357. The molecule has 1 rings (SSSR count). The molecule has 0 aliphatic rings. The number of esters is 3. The minimum Gasteiger partial charge on any atom is -0.493 e. The van der Waals surface area contributed by atoms with Crippen molar-refractivity contribution < 1.29 is 38.3 Å². The Hall–Kier alpha value is -3.17. The van der Waals surface area contributed by atoms with Gasteiger partial charge in [0.1, 0.15) is 0 Å². The van der Waals surface area contributed by atoms with E-state index >= 15 is 0 Å². The maximum absolute atomic E-state index is 11.3. The van der Waals surface area contributed by atoms with Gasteiger partial charge in [-0.15, -0.1) is 0 Å². The van der Waals surface area contributed by atoms with Crippen molar-refractivity contribution in [3.63, 3.8) is 0 Å². The number of nitrogens with zero attached hydrogens (tertiary/aromatic N) is 1. The van der Waals surface area contributed by atoms with E-state index in [2.05, 4.69) is 0 Å². The van der Waals surface area contributed by atoms with Crippen LogP contribution in [0.5, 0.6) is 11.5 Å². The molecule has 0 amide bonds. The smallest absolute Gasteiger partial charge is 0.308 e. The summed E-state index contributed by atoms with van der Waals surface area (Å²) in [7, 11) is 1.24. The Morgan fingerprint density at radius 1 is 1.04 bits per heavy atom. The van der Waals surface area contributed by atoms with Gasteiger partial charge in [0, 0.05) is 26.8 Å². The van der Waals surface area contributed by atoms with Crippen molar-refractivity contribution in [1.29, 1.82) is 0 Å². The van der Waals surface area contributed by atoms with Gasteiger partial charge >= 0.3 is 17.9 Å². The maximum atomic E-state index is 11.3. The summed E-state index contributed by atoms with van der Waals surface area (Å²) in [6.45, 7) is 3.11. The Morgan fingerprint density at radius 2 is 1.58 bits per heavy atom. The number of benzene rings is 1. The molecule has 10 nitrogen and oxygen atoms in total. The molecule has 0 saturated carbocycles. The van der Waals surface area contributed by atoms with E-state index < -0.39 is 40.4 Å². The molecule has 1 aromatic carbocycles. The highest BCUT2D eigenvalue weighted by Gasteiger charge is 2.34. The Morgan fingerprint density at radius 3 is 1.96 bits per heavy atom. The lowest BCUT2D eigenvalue weighted by molar-refractivity contribution is -0.386. The van der Waals surface area contributed by atoms with Gasteiger partial charge in [0.2, 0.25) is 0 Å². The third kappa shape index (κ3) is 4.66. The van der Waals surface area contributed by atoms with Crippen LogP contribution in [-0.2, 0) is 23.9 Å². The number of carbonyl (C=O) groups excluding carboxylic acids is 3. The van der Waals surface area contributed by atoms with Gasteiger partial charge in [0.25, 0.3) is 12.0 Å². The van der Waals surface area contributed by atoms with Crippen LogP contribution in [0.3, 0.4) is 0 Å². The molecule has 0 aliphatic heterocycles. The van der Waals surface area contributed by atoms with Crippen molar-refractivity contribution in [2.45, 2.75) is 27.1 Å². The summed E-state index contributed by atoms with van der Waals surface area (Å²) in [4.78, 5) is 44.3. The minimum atomic E-state index is -1.79. The third-order valence-corrected chi connectivity index (χ3v) is 2.58. The number of hydrogen-bond acceptors (Lipinski definition) is 9. The number of rotatable bonds is 6. The number of nitro benzene ring substituents is 1. The van der Waals surface area contributed by atoms with Crippen LogP contribution in [0.4, 0.5) is 5.69 Å². The average Bonchev–Trinajstić information content (AvgIpc) is 2.44. The molecular weight excluding hydrogens is 326 g/mol. The van der Waals surface area contributed by atoms with Crippen LogP contribution in [0, 0.1) is 10.1 Å². The van der Waals surface area contributed by atoms with Crippen LogP contribution in [0.15, 0.2) is 12.1 Å². The number of nitro groups is 1. The first-order valence-electron chi connectivity index (χ1n) is 6.55. The molecule has 0 spiro atoms. The fourth-order valence-corrected chi connectivity index (χ4v) is 1.81. The first-order valence-corrected chi connectivity index (χ1v) is 6.55. The van der Waals surface area contributed by atoms with Gasteiger partial charge in [-0.3, -0.25) is 24.5 Å². The second-order valence-corrected chi connectivity index (χ2v) is 4.43. The quantitative estimate of drug-likeness (QED) is 0.249. The Balaban J connectivity index is 3.67. The molecule has 0 N–H and O–H groups in total. The molecule has 0 saturated heterocycles. The third-order valence-electron chi connectivity index (χ3n) is 2.58. The standard InChI is InChI=1S/C14H15NO9/c1-7(16)22-13-11(21-4)6-5-10(15(19)20)12(13)14(23-8(2)17)24-9(3)18/h5-6,14H,1-4H3. The van der Waals surface area contributed by atoms with E-state index in [-0.39, 0.29) is 11.5 Å². The van der Waals surface area contributed by atoms with E-state index in [1.807, 2.05) is 0 Å². The summed E-state index contributed by atoms with van der Waals surface area (Å²) in [5, 5.41) is 11.3. The van der Waals surface area contributed by atoms with Crippen LogP contribution in [0.1, 0.15) is 32.6 Å². The van der Waals surface area contributed by atoms with Gasteiger partial charge in [-0.25, -0.2) is 0 Å². The topological polar surface area (TPSA) is 131 Å². The number of hydrogen-bond donors (Lipinski definition) is 0. The van der Waals surface area contributed by atoms with Crippen LogP contribution >= 0.6 is 0 Å². The highest BCUT2D eigenvalue weighted by molar-refractivity contribution is 5.74. The first kappa shape index (κ1) is 18.9. The molecule has 0 unspecified atom stereocenters. The molecule has 0 fully saturated rings. The number of methoxy groups -OCH3 is 1. The molecule has 0 radical (unpaired) electrons. The van der Waals surface area contributed by atoms with Crippen molar-refractivity contribution in [2.24, 2.45) is 0 Å². The lowest BCUT2D eigenvalue weighted by atomic mass is 10.1. The van der Waals surface area contributed by atoms with Crippen LogP contribution < -0.4 is 9.47 Å². The van der Waals surface area contributed by atoms with Crippen molar-refractivity contribution in [2.75, 3.05) is 7.11 Å². The molecule has 0 atom stereocenters. The maximum Gasteiger partial charge on any atom is 0.308 e. The molecule has 0 bridgehead atoms. The van der Waals surface area contributed by atoms with Crippen molar-refractivity contribution in [3.05, 3.63) is 27.8 Å². The fourth-order valence-electron chi connectivity index (χ4n) is 1.81. The zero-order chi connectivity index (χ0) is 18.4. The van der Waals surface area contributed by atoms with Crippen molar-refractivity contribution in [3.8, 4) is 11.5 Å². The molecule has 130 valence electrons. The lowest BCUT2D eigenvalue weighted by Crippen LogP contribution is -2.18. The largest absolute Gasteiger partial charge is 0.493 e. The van der Waals surface area contributed by atoms with E-state index in [1.54, 1.807) is 0 Å². The van der Waals surface area contributed by atoms with Gasteiger partial charge < -0.3 is 18.9 Å². The summed E-state index contributed by atoms with van der Waals surface area (Å²) >= 11 is 0. The summed E-state index contributed by atoms with van der Waals surface area (Å²) in [6, 6.07) is 2.24. The van der Waals surface area contributed by atoms with Crippen molar-refractivity contribution >= 4 is 23.6 Å². The van der Waals surface area contributed by atoms with E-state index in [0.717, 1.165) is 26.8 Å². The van der Waals surface area contributed by atoms with Crippen LogP contribution in [0.25, 0.3) is 0 Å². The highest BCUT2D eigenvalue weighted by Crippen LogP contribution is 2.43. The van der Waals surface area contributed by atoms with Gasteiger partial charge in [-0.2, -0.15) is 0 Å². The normalized spacial score (nSPS) is 10.0. The predicted octanol–water partition coefficient (Wildman–Crippen LogP) is 1.65. The molecule has 0 aromatic heterocycles. The Kier molecular flexibility index (Phi) is 6.22. The summed E-state index contributed by atoms with van der Waals surface area (Å²) in [5.41, 5.74) is -1.01. The zero-order valence-corrected chi connectivity index (χ0v) is 13.4. The van der Waals surface area contributed by atoms with Gasteiger partial charge in [0.15, 0.2) is 17.1 Å². The summed E-state index contributed by atoms with van der Waals surface area (Å²) in [6.07, 6.45) is -1.79. The SMILES string of the molecule is COc1ccc([N+](=O)[O-])c(C(OC(C)=O)OC(C)=O)c1OC(C)=O. The van der Waals surface area contributed by atoms with Crippen LogP contribution in [0.2, 0.25) is 0 Å². The minimum absolute atomic E-state index is 0.0462. The summed E-state index contributed by atoms with van der Waals surface area (Å²) in [5.74, 6) is -2.97. The van der Waals surface area contributed by atoms with E-state index in [4.69, 9.17) is 18.9 Å². The number of ether oxygens (including phenoxy) is 4. The second kappa shape index (κ2) is 7.90. The van der Waals surface area contributed by atoms with Gasteiger partial charge in [-0.05, 0) is 6.07 Å². The molecule has 10 heteroatoms. The van der Waals surface area contributed by atoms with Gasteiger partial charge in [0.05, 0.1) is 12.0 Å².